The topological polar surface area (TPSA) is 29.4 Å². The SMILES string of the molecule is CC(I)(I)N=[S-](=O)C(C)(C)C. The Morgan fingerprint density at radius 3 is 1.64 bits per heavy atom. The van der Waals surface area contributed by atoms with Gasteiger partial charge in [-0.2, -0.15) is 10.6 Å². The van der Waals surface area contributed by atoms with E-state index in [-0.39, 0.29) is 6.30 Å². The fraction of sp³-hybridized carbons (Fsp3) is 1.00. The Kier molecular flexibility index (Phi) is 4.60. The normalized spacial score (nSPS) is 16.9. The fourth-order valence-electron chi connectivity index (χ4n) is 0.283. The maximum absolute atomic E-state index is 11.4. The fourth-order valence-corrected chi connectivity index (χ4v) is 1.92. The van der Waals surface area contributed by atoms with Gasteiger partial charge in [0.25, 0.3) is 0 Å². The third-order valence-corrected chi connectivity index (χ3v) is 3.48. The van der Waals surface area contributed by atoms with Gasteiger partial charge in [0.05, 0.1) is 0 Å². The van der Waals surface area contributed by atoms with Gasteiger partial charge in [-0.1, -0.05) is 25.5 Å². The monoisotopic (exact) mass is 400 g/mol. The van der Waals surface area contributed by atoms with Crippen LogP contribution in [0, 0.1) is 0 Å². The van der Waals surface area contributed by atoms with Gasteiger partial charge in [0, 0.05) is 0 Å². The highest BCUT2D eigenvalue weighted by Crippen LogP contribution is 2.29. The van der Waals surface area contributed by atoms with Crippen molar-refractivity contribution in [3.05, 3.63) is 0 Å². The molecule has 0 radical (unpaired) electrons. The summed E-state index contributed by atoms with van der Waals surface area (Å²) < 4.78 is 15.0. The van der Waals surface area contributed by atoms with Gasteiger partial charge in [0.2, 0.25) is 0 Å². The van der Waals surface area contributed by atoms with E-state index in [4.69, 9.17) is 0 Å². The summed E-state index contributed by atoms with van der Waals surface area (Å²) in [6.45, 7) is 7.70. The molecule has 0 heterocycles. The molecular weight excluding hydrogens is 388 g/mol. The molecule has 0 aromatic heterocycles. The molecule has 0 fully saturated rings. The zero-order valence-electron chi connectivity index (χ0n) is 7.02. The molecule has 0 atom stereocenters. The first-order valence-corrected chi connectivity index (χ1v) is 6.42. The standard InChI is InChI=1S/C6H12I2NOS/c1-5(2,3)11(10)9-6(4,7)8/h1-4H3/q-1. The van der Waals surface area contributed by atoms with Crippen LogP contribution in [0.2, 0.25) is 0 Å². The number of nitrogens with zero attached hydrogens (tertiary/aromatic N) is 1. The third-order valence-electron chi connectivity index (χ3n) is 0.767. The Morgan fingerprint density at radius 1 is 1.18 bits per heavy atom. The summed E-state index contributed by atoms with van der Waals surface area (Å²) in [5.41, 5.74) is 0. The number of hydrogen-bond donors (Lipinski definition) is 0. The zero-order valence-corrected chi connectivity index (χ0v) is 12.2. The molecule has 0 aliphatic rings. The van der Waals surface area contributed by atoms with Crippen LogP contribution in [0.5, 0.6) is 0 Å². The Morgan fingerprint density at radius 2 is 1.55 bits per heavy atom. The predicted molar refractivity (Wildman–Crippen MR) is 66.7 cm³/mol. The van der Waals surface area contributed by atoms with Crippen LogP contribution in [0.3, 0.4) is 0 Å². The number of halogens is 2. The molecule has 0 bridgehead atoms. The maximum Gasteiger partial charge on any atom is 0.136 e. The Balaban J connectivity index is 4.64. The van der Waals surface area contributed by atoms with E-state index in [1.54, 1.807) is 0 Å². The predicted octanol–water partition coefficient (Wildman–Crippen LogP) is 3.48. The highest BCUT2D eigenvalue weighted by atomic mass is 127. The molecule has 0 saturated carbocycles. The molecular formula is C6H12I2NOS-. The van der Waals surface area contributed by atoms with E-state index in [0.29, 0.717) is 0 Å². The third kappa shape index (κ3) is 6.56. The number of hydrogen-bond acceptors (Lipinski definition) is 3. The van der Waals surface area contributed by atoms with Gasteiger partial charge < -0.3 is 8.57 Å². The summed E-state index contributed by atoms with van der Waals surface area (Å²) in [5, 5.41) is 0. The highest BCUT2D eigenvalue weighted by Gasteiger charge is 2.10. The molecule has 0 rings (SSSR count). The van der Waals surface area contributed by atoms with Crippen molar-refractivity contribution in [2.75, 3.05) is 0 Å². The molecule has 0 saturated heterocycles. The highest BCUT2D eigenvalue weighted by molar-refractivity contribution is 14.2. The largest absolute Gasteiger partial charge is 0.444 e. The van der Waals surface area contributed by atoms with Crippen molar-refractivity contribution in [3.8, 4) is 0 Å². The van der Waals surface area contributed by atoms with Crippen molar-refractivity contribution < 1.29 is 4.21 Å². The molecule has 0 spiro atoms. The smallest absolute Gasteiger partial charge is 0.136 e. The molecule has 0 aromatic rings. The van der Waals surface area contributed by atoms with Crippen LogP contribution >= 0.6 is 45.2 Å². The first-order valence-electron chi connectivity index (χ1n) is 3.15. The number of alkyl halides is 2. The van der Waals surface area contributed by atoms with Crippen LogP contribution in [-0.2, 0) is 14.8 Å². The summed E-state index contributed by atoms with van der Waals surface area (Å²) in [4.78, 5) is 0. The second-order valence-electron chi connectivity index (χ2n) is 3.29. The van der Waals surface area contributed by atoms with E-state index in [1.807, 2.05) is 27.7 Å². The second-order valence-corrected chi connectivity index (χ2v) is 11.5. The van der Waals surface area contributed by atoms with Crippen molar-refractivity contribution in [1.82, 2.24) is 0 Å². The molecule has 0 aliphatic heterocycles. The second kappa shape index (κ2) is 4.08. The van der Waals surface area contributed by atoms with Crippen LogP contribution < -0.4 is 0 Å². The Hall–Kier alpha value is 1.41. The molecule has 0 amide bonds. The molecule has 0 unspecified atom stereocenters. The number of rotatable bonds is 1. The molecule has 0 aliphatic carbocycles. The Bertz CT molecular complexity index is 208. The van der Waals surface area contributed by atoms with Gasteiger partial charge in [0.15, 0.2) is 0 Å². The molecule has 68 valence electrons. The minimum Gasteiger partial charge on any atom is -0.444 e. The van der Waals surface area contributed by atoms with Crippen LogP contribution in [0.25, 0.3) is 0 Å². The average molecular weight is 400 g/mol. The molecule has 5 heteroatoms. The van der Waals surface area contributed by atoms with Crippen LogP contribution in [0.1, 0.15) is 27.7 Å². The minimum absolute atomic E-state index is 0.238. The molecule has 11 heavy (non-hydrogen) atoms. The summed E-state index contributed by atoms with van der Waals surface area (Å²) in [6.07, 6.45) is 0. The lowest BCUT2D eigenvalue weighted by molar-refractivity contribution is 0.580. The first kappa shape index (κ1) is 12.4. The first-order chi connectivity index (χ1) is 4.63. The Labute approximate surface area is 97.4 Å². The van der Waals surface area contributed by atoms with Crippen LogP contribution in [-0.4, -0.2) is 6.30 Å². The maximum atomic E-state index is 11.4. The molecule has 0 aromatic carbocycles. The van der Waals surface area contributed by atoms with E-state index in [0.717, 1.165) is 0 Å². The van der Waals surface area contributed by atoms with Crippen LogP contribution in [0.15, 0.2) is 4.36 Å². The summed E-state index contributed by atoms with van der Waals surface area (Å²) in [5.74, 6) is 0. The van der Waals surface area contributed by atoms with Crippen molar-refractivity contribution in [1.29, 1.82) is 0 Å². The molecule has 0 N–H and O–H groups in total. The lowest BCUT2D eigenvalue weighted by Gasteiger charge is -2.25. The molecule has 2 nitrogen and oxygen atoms in total. The van der Waals surface area contributed by atoms with E-state index >= 15 is 0 Å². The summed E-state index contributed by atoms with van der Waals surface area (Å²) >= 11 is 4.32. The lowest BCUT2D eigenvalue weighted by atomic mass is 10.3. The van der Waals surface area contributed by atoms with Crippen molar-refractivity contribution in [2.24, 2.45) is 4.36 Å². The zero-order chi connectivity index (χ0) is 9.28. The van der Waals surface area contributed by atoms with Crippen LogP contribution in [0.4, 0.5) is 0 Å². The van der Waals surface area contributed by atoms with Crippen molar-refractivity contribution in [2.45, 2.75) is 34.0 Å². The van der Waals surface area contributed by atoms with Gasteiger partial charge in [0.1, 0.15) is 1.55 Å². The van der Waals surface area contributed by atoms with E-state index in [1.165, 1.54) is 0 Å². The van der Waals surface area contributed by atoms with Gasteiger partial charge >= 0.3 is 0 Å². The van der Waals surface area contributed by atoms with E-state index in [9.17, 15) is 4.21 Å². The minimum atomic E-state index is -1.10. The van der Waals surface area contributed by atoms with Crippen molar-refractivity contribution in [3.63, 3.8) is 0 Å². The quantitative estimate of drug-likeness (QED) is 0.287. The lowest BCUT2D eigenvalue weighted by Crippen LogP contribution is -2.17. The average Bonchev–Trinajstić information content (AvgIpc) is 1.56. The van der Waals surface area contributed by atoms with Crippen molar-refractivity contribution >= 4 is 55.8 Å². The van der Waals surface area contributed by atoms with E-state index < -0.39 is 10.6 Å². The summed E-state index contributed by atoms with van der Waals surface area (Å²) in [7, 11) is -1.10. The van der Waals surface area contributed by atoms with Gasteiger partial charge in [-0.25, -0.2) is 0 Å². The summed E-state index contributed by atoms with van der Waals surface area (Å²) in [6, 6.07) is 0. The van der Waals surface area contributed by atoms with Gasteiger partial charge in [-0.15, -0.1) is 0 Å². The van der Waals surface area contributed by atoms with E-state index in [2.05, 4.69) is 49.5 Å². The van der Waals surface area contributed by atoms with Gasteiger partial charge in [-0.05, 0) is 52.1 Å². The van der Waals surface area contributed by atoms with Gasteiger partial charge in [-0.3, -0.25) is 0 Å².